The van der Waals surface area contributed by atoms with Gasteiger partial charge in [0.25, 0.3) is 0 Å². The predicted octanol–water partition coefficient (Wildman–Crippen LogP) is 0.939. The third-order valence-corrected chi connectivity index (χ3v) is 2.37. The number of rotatable bonds is 5. The van der Waals surface area contributed by atoms with E-state index in [4.69, 9.17) is 0 Å². The van der Waals surface area contributed by atoms with Gasteiger partial charge in [-0.1, -0.05) is 0 Å². The van der Waals surface area contributed by atoms with Gasteiger partial charge >= 0.3 is 0 Å². The molecule has 17 heavy (non-hydrogen) atoms. The second kappa shape index (κ2) is 5.49. The van der Waals surface area contributed by atoms with Crippen LogP contribution in [0.4, 0.5) is 0 Å². The summed E-state index contributed by atoms with van der Waals surface area (Å²) in [5, 5.41) is 7.47. The van der Waals surface area contributed by atoms with Gasteiger partial charge in [-0.2, -0.15) is 5.10 Å². The third kappa shape index (κ3) is 3.07. The fourth-order valence-corrected chi connectivity index (χ4v) is 1.56. The van der Waals surface area contributed by atoms with Crippen molar-refractivity contribution in [3.63, 3.8) is 0 Å². The van der Waals surface area contributed by atoms with Gasteiger partial charge in [0.1, 0.15) is 18.5 Å². The van der Waals surface area contributed by atoms with Crippen LogP contribution in [0.1, 0.15) is 31.4 Å². The lowest BCUT2D eigenvalue weighted by molar-refractivity contribution is 0.489. The van der Waals surface area contributed by atoms with Crippen LogP contribution in [0.2, 0.25) is 0 Å². The quantitative estimate of drug-likeness (QED) is 0.830. The first kappa shape index (κ1) is 11.7. The van der Waals surface area contributed by atoms with E-state index in [0.717, 1.165) is 11.5 Å². The third-order valence-electron chi connectivity index (χ3n) is 2.37. The number of hydrogen-bond acceptors (Lipinski definition) is 5. The maximum absolute atomic E-state index is 4.23. The largest absolute Gasteiger partial charge is 0.304 e. The van der Waals surface area contributed by atoms with E-state index in [-0.39, 0.29) is 0 Å². The molecule has 0 atom stereocenters. The van der Waals surface area contributed by atoms with Gasteiger partial charge in [-0.05, 0) is 19.9 Å². The molecule has 1 N–H and O–H groups in total. The molecule has 0 aliphatic carbocycles. The molecule has 0 aliphatic rings. The minimum Gasteiger partial charge on any atom is -0.304 e. The molecule has 2 aromatic heterocycles. The molecular weight excluding hydrogens is 216 g/mol. The first-order chi connectivity index (χ1) is 8.27. The number of aromatic nitrogens is 5. The highest BCUT2D eigenvalue weighted by Crippen LogP contribution is 2.04. The molecule has 90 valence electrons. The van der Waals surface area contributed by atoms with Crippen molar-refractivity contribution in [2.24, 2.45) is 0 Å². The van der Waals surface area contributed by atoms with Crippen molar-refractivity contribution in [1.29, 1.82) is 0 Å². The Morgan fingerprint density at radius 1 is 1.24 bits per heavy atom. The molecule has 6 nitrogen and oxygen atoms in total. The SMILES string of the molecule is CC(C)n1ncnc1CNCc1ccncn1. The fraction of sp³-hybridized carbons (Fsp3) is 0.455. The Morgan fingerprint density at radius 3 is 2.82 bits per heavy atom. The van der Waals surface area contributed by atoms with E-state index in [1.165, 1.54) is 0 Å². The standard InChI is InChI=1S/C11H16N6/c1-9(2)17-11(15-8-16-17)6-13-5-10-3-4-12-7-14-10/h3-4,7-9,13H,5-6H2,1-2H3. The van der Waals surface area contributed by atoms with Gasteiger partial charge < -0.3 is 5.32 Å². The molecule has 0 amide bonds. The van der Waals surface area contributed by atoms with Crippen LogP contribution in [-0.2, 0) is 13.1 Å². The van der Waals surface area contributed by atoms with Crippen LogP contribution in [-0.4, -0.2) is 24.7 Å². The molecule has 0 bridgehead atoms. The summed E-state index contributed by atoms with van der Waals surface area (Å²) >= 11 is 0. The number of nitrogens with one attached hydrogen (secondary N) is 1. The van der Waals surface area contributed by atoms with Crippen LogP contribution in [0.5, 0.6) is 0 Å². The Labute approximate surface area is 100 Å². The molecule has 6 heteroatoms. The minimum atomic E-state index is 0.327. The summed E-state index contributed by atoms with van der Waals surface area (Å²) in [6.07, 6.45) is 4.87. The summed E-state index contributed by atoms with van der Waals surface area (Å²) in [7, 11) is 0. The predicted molar refractivity (Wildman–Crippen MR) is 63.0 cm³/mol. The summed E-state index contributed by atoms with van der Waals surface area (Å²) < 4.78 is 1.91. The lowest BCUT2D eigenvalue weighted by Gasteiger charge is -2.09. The van der Waals surface area contributed by atoms with E-state index < -0.39 is 0 Å². The molecule has 0 unspecified atom stereocenters. The summed E-state index contributed by atoms with van der Waals surface area (Å²) in [4.78, 5) is 12.2. The Bertz CT molecular complexity index is 450. The Balaban J connectivity index is 1.88. The van der Waals surface area contributed by atoms with E-state index in [1.54, 1.807) is 18.9 Å². The molecule has 2 rings (SSSR count). The molecule has 0 spiro atoms. The van der Waals surface area contributed by atoms with Crippen molar-refractivity contribution >= 4 is 0 Å². The monoisotopic (exact) mass is 232 g/mol. The molecule has 0 aromatic carbocycles. The summed E-state index contributed by atoms with van der Waals surface area (Å²) in [5.41, 5.74) is 0.968. The van der Waals surface area contributed by atoms with Gasteiger partial charge in [0.15, 0.2) is 0 Å². The highest BCUT2D eigenvalue weighted by atomic mass is 15.4. The van der Waals surface area contributed by atoms with Gasteiger partial charge in [0.2, 0.25) is 0 Å². The van der Waals surface area contributed by atoms with E-state index in [0.29, 0.717) is 19.1 Å². The van der Waals surface area contributed by atoms with Crippen molar-refractivity contribution in [1.82, 2.24) is 30.0 Å². The molecular formula is C11H16N6. The average molecular weight is 232 g/mol. The number of nitrogens with zero attached hydrogens (tertiary/aromatic N) is 5. The van der Waals surface area contributed by atoms with Crippen molar-refractivity contribution in [2.45, 2.75) is 33.0 Å². The summed E-state index contributed by atoms with van der Waals surface area (Å²) in [6, 6.07) is 2.22. The van der Waals surface area contributed by atoms with Gasteiger partial charge in [-0.25, -0.2) is 19.6 Å². The zero-order valence-corrected chi connectivity index (χ0v) is 10.0. The van der Waals surface area contributed by atoms with Crippen LogP contribution in [0.25, 0.3) is 0 Å². The summed E-state index contributed by atoms with van der Waals surface area (Å²) in [5.74, 6) is 0.939. The van der Waals surface area contributed by atoms with Crippen LogP contribution >= 0.6 is 0 Å². The lowest BCUT2D eigenvalue weighted by Crippen LogP contribution is -2.18. The van der Waals surface area contributed by atoms with Crippen molar-refractivity contribution in [3.8, 4) is 0 Å². The van der Waals surface area contributed by atoms with Crippen LogP contribution in [0.15, 0.2) is 24.9 Å². The normalized spacial score (nSPS) is 11.0. The Hall–Kier alpha value is -1.82. The molecule has 0 aliphatic heterocycles. The van der Waals surface area contributed by atoms with Crippen molar-refractivity contribution in [3.05, 3.63) is 36.4 Å². The molecule has 0 saturated heterocycles. The van der Waals surface area contributed by atoms with Gasteiger partial charge in [-0.15, -0.1) is 0 Å². The van der Waals surface area contributed by atoms with Crippen molar-refractivity contribution < 1.29 is 0 Å². The van der Waals surface area contributed by atoms with Gasteiger partial charge in [0.05, 0.1) is 12.2 Å². The molecule has 0 saturated carbocycles. The first-order valence-corrected chi connectivity index (χ1v) is 5.61. The highest BCUT2D eigenvalue weighted by molar-refractivity contribution is 4.97. The van der Waals surface area contributed by atoms with Crippen LogP contribution < -0.4 is 5.32 Å². The molecule has 2 heterocycles. The second-order valence-corrected chi connectivity index (χ2v) is 4.02. The van der Waals surface area contributed by atoms with E-state index >= 15 is 0 Å². The average Bonchev–Trinajstić information content (AvgIpc) is 2.79. The van der Waals surface area contributed by atoms with Crippen molar-refractivity contribution in [2.75, 3.05) is 0 Å². The molecule has 0 fully saturated rings. The summed E-state index contributed by atoms with van der Waals surface area (Å²) in [6.45, 7) is 5.56. The minimum absolute atomic E-state index is 0.327. The topological polar surface area (TPSA) is 68.5 Å². The zero-order chi connectivity index (χ0) is 12.1. The maximum Gasteiger partial charge on any atom is 0.141 e. The van der Waals surface area contributed by atoms with Gasteiger partial charge in [-0.3, -0.25) is 0 Å². The van der Waals surface area contributed by atoms with Gasteiger partial charge in [0, 0.05) is 18.8 Å². The molecule has 2 aromatic rings. The molecule has 0 radical (unpaired) electrons. The maximum atomic E-state index is 4.23. The number of hydrogen-bond donors (Lipinski definition) is 1. The Kier molecular flexibility index (Phi) is 3.77. The highest BCUT2D eigenvalue weighted by Gasteiger charge is 2.06. The zero-order valence-electron chi connectivity index (χ0n) is 10.0. The fourth-order valence-electron chi connectivity index (χ4n) is 1.56. The first-order valence-electron chi connectivity index (χ1n) is 5.61. The van der Waals surface area contributed by atoms with E-state index in [1.807, 2.05) is 10.7 Å². The lowest BCUT2D eigenvalue weighted by atomic mass is 10.4. The van der Waals surface area contributed by atoms with Crippen LogP contribution in [0, 0.1) is 0 Å². The smallest absolute Gasteiger partial charge is 0.141 e. The second-order valence-electron chi connectivity index (χ2n) is 4.02. The van der Waals surface area contributed by atoms with E-state index in [9.17, 15) is 0 Å². The Morgan fingerprint density at radius 2 is 2.12 bits per heavy atom. The van der Waals surface area contributed by atoms with E-state index in [2.05, 4.69) is 39.2 Å². The van der Waals surface area contributed by atoms with Crippen LogP contribution in [0.3, 0.4) is 0 Å².